The molecule has 0 spiro atoms. The fraction of sp³-hybridized carbons (Fsp3) is 0.500. The maximum absolute atomic E-state index is 12.0. The normalized spacial score (nSPS) is 22.6. The van der Waals surface area contributed by atoms with Crippen molar-refractivity contribution in [2.24, 2.45) is 0 Å². The van der Waals surface area contributed by atoms with Gasteiger partial charge in [-0.25, -0.2) is 0 Å². The summed E-state index contributed by atoms with van der Waals surface area (Å²) in [5, 5.41) is 18.8. The molecule has 0 radical (unpaired) electrons. The SMILES string of the molecule is CCOc1ccc(CC(=O)N2C[C@@H](O)[C@@H](O)C2)cc1. The second kappa shape index (κ2) is 6.04. The molecule has 1 fully saturated rings. The smallest absolute Gasteiger partial charge is 0.227 e. The summed E-state index contributed by atoms with van der Waals surface area (Å²) in [6, 6.07) is 7.37. The summed E-state index contributed by atoms with van der Waals surface area (Å²) in [5.41, 5.74) is 0.893. The lowest BCUT2D eigenvalue weighted by molar-refractivity contribution is -0.129. The van der Waals surface area contributed by atoms with E-state index in [4.69, 9.17) is 4.74 Å². The van der Waals surface area contributed by atoms with Crippen LogP contribution in [0.5, 0.6) is 5.75 Å². The van der Waals surface area contributed by atoms with Gasteiger partial charge >= 0.3 is 0 Å². The monoisotopic (exact) mass is 265 g/mol. The van der Waals surface area contributed by atoms with Crippen molar-refractivity contribution in [2.45, 2.75) is 25.6 Å². The fourth-order valence-electron chi connectivity index (χ4n) is 2.13. The topological polar surface area (TPSA) is 70.0 Å². The first-order valence-electron chi connectivity index (χ1n) is 6.45. The van der Waals surface area contributed by atoms with Crippen LogP contribution in [-0.4, -0.2) is 52.9 Å². The predicted molar refractivity (Wildman–Crippen MR) is 69.9 cm³/mol. The minimum Gasteiger partial charge on any atom is -0.494 e. The highest BCUT2D eigenvalue weighted by Crippen LogP contribution is 2.15. The summed E-state index contributed by atoms with van der Waals surface area (Å²) in [4.78, 5) is 13.5. The molecule has 1 aromatic carbocycles. The standard InChI is InChI=1S/C14H19NO4/c1-2-19-11-5-3-10(4-6-11)7-14(18)15-8-12(16)13(17)9-15/h3-6,12-13,16-17H,2,7-9H2,1H3/t12-,13+. The first-order valence-corrected chi connectivity index (χ1v) is 6.45. The van der Waals surface area contributed by atoms with Gasteiger partial charge in [-0.2, -0.15) is 0 Å². The van der Waals surface area contributed by atoms with Gasteiger partial charge in [0.15, 0.2) is 0 Å². The van der Waals surface area contributed by atoms with E-state index < -0.39 is 12.2 Å². The Morgan fingerprint density at radius 1 is 1.26 bits per heavy atom. The molecule has 19 heavy (non-hydrogen) atoms. The van der Waals surface area contributed by atoms with Crippen LogP contribution in [0.1, 0.15) is 12.5 Å². The van der Waals surface area contributed by atoms with E-state index in [1.807, 2.05) is 31.2 Å². The van der Waals surface area contributed by atoms with E-state index in [0.29, 0.717) is 6.61 Å². The molecule has 104 valence electrons. The fourth-order valence-corrected chi connectivity index (χ4v) is 2.13. The van der Waals surface area contributed by atoms with E-state index in [-0.39, 0.29) is 25.4 Å². The van der Waals surface area contributed by atoms with E-state index in [2.05, 4.69) is 0 Å². The predicted octanol–water partition coefficient (Wildman–Crippen LogP) is 0.192. The Bertz CT molecular complexity index is 422. The lowest BCUT2D eigenvalue weighted by Crippen LogP contribution is -2.31. The van der Waals surface area contributed by atoms with Gasteiger partial charge in [-0.1, -0.05) is 12.1 Å². The Labute approximate surface area is 112 Å². The first kappa shape index (κ1) is 13.8. The van der Waals surface area contributed by atoms with Crippen LogP contribution < -0.4 is 4.74 Å². The number of ether oxygens (including phenoxy) is 1. The lowest BCUT2D eigenvalue weighted by Gasteiger charge is -2.15. The molecule has 0 aliphatic carbocycles. The third kappa shape index (κ3) is 3.45. The minimum absolute atomic E-state index is 0.0836. The largest absolute Gasteiger partial charge is 0.494 e. The number of hydrogen-bond donors (Lipinski definition) is 2. The van der Waals surface area contributed by atoms with Gasteiger partial charge < -0.3 is 19.8 Å². The molecule has 1 heterocycles. The molecule has 1 amide bonds. The molecule has 2 atom stereocenters. The van der Waals surface area contributed by atoms with Crippen molar-refractivity contribution in [1.82, 2.24) is 4.90 Å². The van der Waals surface area contributed by atoms with Crippen molar-refractivity contribution >= 4 is 5.91 Å². The molecule has 2 N–H and O–H groups in total. The van der Waals surface area contributed by atoms with Gasteiger partial charge in [0.05, 0.1) is 25.2 Å². The number of carbonyl (C=O) groups is 1. The maximum atomic E-state index is 12.0. The van der Waals surface area contributed by atoms with Crippen LogP contribution in [0.25, 0.3) is 0 Å². The van der Waals surface area contributed by atoms with Gasteiger partial charge in [0.25, 0.3) is 0 Å². The summed E-state index contributed by atoms with van der Waals surface area (Å²) in [7, 11) is 0. The number of aliphatic hydroxyl groups is 2. The number of benzene rings is 1. The number of nitrogens with zero attached hydrogens (tertiary/aromatic N) is 1. The zero-order chi connectivity index (χ0) is 13.8. The molecule has 5 nitrogen and oxygen atoms in total. The summed E-state index contributed by atoms with van der Waals surface area (Å²) >= 11 is 0. The molecular formula is C14H19NO4. The van der Waals surface area contributed by atoms with Crippen molar-refractivity contribution in [1.29, 1.82) is 0 Å². The van der Waals surface area contributed by atoms with Crippen LogP contribution in [0, 0.1) is 0 Å². The summed E-state index contributed by atoms with van der Waals surface area (Å²) in [6.45, 7) is 2.94. The Morgan fingerprint density at radius 2 is 1.84 bits per heavy atom. The van der Waals surface area contributed by atoms with Crippen LogP contribution in [0.3, 0.4) is 0 Å². The number of hydrogen-bond acceptors (Lipinski definition) is 4. The zero-order valence-electron chi connectivity index (χ0n) is 11.0. The van der Waals surface area contributed by atoms with Gasteiger partial charge in [-0.15, -0.1) is 0 Å². The van der Waals surface area contributed by atoms with Crippen molar-refractivity contribution in [3.8, 4) is 5.75 Å². The molecule has 0 aromatic heterocycles. The van der Waals surface area contributed by atoms with Crippen LogP contribution in [0.2, 0.25) is 0 Å². The number of β-amino-alcohol motifs (C(OH)–C–C–N with tert-alkyl or cyclic N) is 2. The molecule has 0 saturated carbocycles. The van der Waals surface area contributed by atoms with E-state index in [1.54, 1.807) is 0 Å². The Balaban J connectivity index is 1.92. The molecule has 1 aliphatic rings. The zero-order valence-corrected chi connectivity index (χ0v) is 11.0. The molecule has 1 aliphatic heterocycles. The molecule has 2 rings (SSSR count). The summed E-state index contributed by atoms with van der Waals surface area (Å²) < 4.78 is 5.33. The molecular weight excluding hydrogens is 246 g/mol. The summed E-state index contributed by atoms with van der Waals surface area (Å²) in [5.74, 6) is 0.700. The number of likely N-dealkylation sites (tertiary alicyclic amines) is 1. The second-order valence-electron chi connectivity index (χ2n) is 4.69. The van der Waals surface area contributed by atoms with Crippen LogP contribution in [0.4, 0.5) is 0 Å². The third-order valence-corrected chi connectivity index (χ3v) is 3.20. The molecule has 0 unspecified atom stereocenters. The van der Waals surface area contributed by atoms with Gasteiger partial charge in [-0.3, -0.25) is 4.79 Å². The van der Waals surface area contributed by atoms with Crippen LogP contribution in [-0.2, 0) is 11.2 Å². The highest BCUT2D eigenvalue weighted by molar-refractivity contribution is 5.79. The Hall–Kier alpha value is -1.59. The van der Waals surface area contributed by atoms with Crippen molar-refractivity contribution in [2.75, 3.05) is 19.7 Å². The van der Waals surface area contributed by atoms with Crippen LogP contribution >= 0.6 is 0 Å². The van der Waals surface area contributed by atoms with Gasteiger partial charge in [0, 0.05) is 13.1 Å². The molecule has 1 saturated heterocycles. The number of carbonyl (C=O) groups excluding carboxylic acids is 1. The van der Waals surface area contributed by atoms with E-state index in [1.165, 1.54) is 4.90 Å². The van der Waals surface area contributed by atoms with E-state index in [0.717, 1.165) is 11.3 Å². The van der Waals surface area contributed by atoms with E-state index >= 15 is 0 Å². The van der Waals surface area contributed by atoms with Crippen LogP contribution in [0.15, 0.2) is 24.3 Å². The number of rotatable bonds is 4. The molecule has 1 aromatic rings. The Morgan fingerprint density at radius 3 is 2.37 bits per heavy atom. The van der Waals surface area contributed by atoms with Crippen molar-refractivity contribution in [3.63, 3.8) is 0 Å². The minimum atomic E-state index is -0.829. The lowest BCUT2D eigenvalue weighted by atomic mass is 10.1. The average Bonchev–Trinajstić information content (AvgIpc) is 2.72. The molecule has 5 heteroatoms. The quantitative estimate of drug-likeness (QED) is 0.815. The van der Waals surface area contributed by atoms with Gasteiger partial charge in [0.1, 0.15) is 5.75 Å². The average molecular weight is 265 g/mol. The third-order valence-electron chi connectivity index (χ3n) is 3.20. The Kier molecular flexibility index (Phi) is 4.39. The highest BCUT2D eigenvalue weighted by atomic mass is 16.5. The van der Waals surface area contributed by atoms with Gasteiger partial charge in [0.2, 0.25) is 5.91 Å². The van der Waals surface area contributed by atoms with Crippen molar-refractivity contribution < 1.29 is 19.7 Å². The van der Waals surface area contributed by atoms with Gasteiger partial charge in [-0.05, 0) is 24.6 Å². The first-order chi connectivity index (χ1) is 9.10. The van der Waals surface area contributed by atoms with E-state index in [9.17, 15) is 15.0 Å². The summed E-state index contributed by atoms with van der Waals surface area (Å²) in [6.07, 6.45) is -1.39. The second-order valence-corrected chi connectivity index (χ2v) is 4.69. The highest BCUT2D eigenvalue weighted by Gasteiger charge is 2.32. The number of amides is 1. The maximum Gasteiger partial charge on any atom is 0.227 e. The van der Waals surface area contributed by atoms with Crippen molar-refractivity contribution in [3.05, 3.63) is 29.8 Å². The molecule has 0 bridgehead atoms. The number of aliphatic hydroxyl groups excluding tert-OH is 2.